The quantitative estimate of drug-likeness (QED) is 0.855. The van der Waals surface area contributed by atoms with Gasteiger partial charge in [-0.1, -0.05) is 13.8 Å². The van der Waals surface area contributed by atoms with Gasteiger partial charge in [0.15, 0.2) is 0 Å². The van der Waals surface area contributed by atoms with Crippen LogP contribution in [-0.4, -0.2) is 23.1 Å². The molecule has 2 rings (SSSR count). The summed E-state index contributed by atoms with van der Waals surface area (Å²) in [6.07, 6.45) is 3.66. The van der Waals surface area contributed by atoms with Gasteiger partial charge in [0.05, 0.1) is 5.69 Å². The van der Waals surface area contributed by atoms with Crippen LogP contribution in [0.4, 0.5) is 5.95 Å². The highest BCUT2D eigenvalue weighted by atomic mass is 16.1. The van der Waals surface area contributed by atoms with E-state index in [1.54, 1.807) is 0 Å². The van der Waals surface area contributed by atoms with E-state index in [9.17, 15) is 4.79 Å². The van der Waals surface area contributed by atoms with E-state index in [0.29, 0.717) is 0 Å². The number of hydrogen-bond acceptors (Lipinski definition) is 3. The lowest BCUT2D eigenvalue weighted by Gasteiger charge is -2.27. The molecule has 1 aliphatic rings. The Kier molecular flexibility index (Phi) is 3.50. The molecule has 4 nitrogen and oxygen atoms in total. The molecule has 1 aliphatic heterocycles. The van der Waals surface area contributed by atoms with Crippen molar-refractivity contribution in [2.75, 3.05) is 18.0 Å². The number of aromatic amines is 1. The Morgan fingerprint density at radius 3 is 2.41 bits per heavy atom. The minimum absolute atomic E-state index is 0.0214. The molecule has 0 aliphatic carbocycles. The molecular weight excluding hydrogens is 214 g/mol. The van der Waals surface area contributed by atoms with E-state index in [0.717, 1.165) is 30.3 Å². The first kappa shape index (κ1) is 12.1. The molecule has 0 aromatic carbocycles. The zero-order valence-corrected chi connectivity index (χ0v) is 10.9. The first-order valence-corrected chi connectivity index (χ1v) is 6.45. The smallest absolute Gasteiger partial charge is 0.255 e. The van der Waals surface area contributed by atoms with Gasteiger partial charge >= 0.3 is 0 Å². The average Bonchev–Trinajstić information content (AvgIpc) is 2.28. The Bertz CT molecular complexity index is 444. The summed E-state index contributed by atoms with van der Waals surface area (Å²) >= 11 is 0. The summed E-state index contributed by atoms with van der Waals surface area (Å²) in [5, 5.41) is 0. The summed E-state index contributed by atoms with van der Waals surface area (Å²) in [4.78, 5) is 21.7. The molecule has 2 heterocycles. The van der Waals surface area contributed by atoms with Gasteiger partial charge in [-0.05, 0) is 32.1 Å². The first-order valence-electron chi connectivity index (χ1n) is 6.45. The van der Waals surface area contributed by atoms with Crippen molar-refractivity contribution < 1.29 is 0 Å². The van der Waals surface area contributed by atoms with Gasteiger partial charge in [0.25, 0.3) is 5.56 Å². The Morgan fingerprint density at radius 2 is 1.88 bits per heavy atom. The van der Waals surface area contributed by atoms with Gasteiger partial charge in [-0.25, -0.2) is 4.98 Å². The van der Waals surface area contributed by atoms with Crippen LogP contribution in [0.3, 0.4) is 0 Å². The summed E-state index contributed by atoms with van der Waals surface area (Å²) in [5.41, 5.74) is 1.70. The number of hydrogen-bond donors (Lipinski definition) is 1. The lowest BCUT2D eigenvalue weighted by atomic mass is 10.0. The topological polar surface area (TPSA) is 49.0 Å². The number of aromatic nitrogens is 2. The number of H-pyrrole nitrogens is 1. The maximum Gasteiger partial charge on any atom is 0.255 e. The molecule has 0 saturated carbocycles. The fourth-order valence-electron chi connectivity index (χ4n) is 2.52. The summed E-state index contributed by atoms with van der Waals surface area (Å²) in [6, 6.07) is 0. The van der Waals surface area contributed by atoms with Gasteiger partial charge in [-0.3, -0.25) is 9.78 Å². The van der Waals surface area contributed by atoms with Crippen LogP contribution < -0.4 is 10.5 Å². The SMILES string of the molecule is Cc1nc(N2CCCCC2)[nH]c(=O)c1C(C)C. The third-order valence-electron chi connectivity index (χ3n) is 3.37. The third-order valence-corrected chi connectivity index (χ3v) is 3.37. The van der Waals surface area contributed by atoms with Crippen LogP contribution in [0.5, 0.6) is 0 Å². The number of anilines is 1. The second kappa shape index (κ2) is 4.90. The van der Waals surface area contributed by atoms with Gasteiger partial charge in [0.2, 0.25) is 5.95 Å². The molecule has 1 aromatic heterocycles. The van der Waals surface area contributed by atoms with Crippen LogP contribution in [-0.2, 0) is 0 Å². The molecule has 17 heavy (non-hydrogen) atoms. The molecule has 1 saturated heterocycles. The summed E-state index contributed by atoms with van der Waals surface area (Å²) < 4.78 is 0. The number of rotatable bonds is 2. The summed E-state index contributed by atoms with van der Waals surface area (Å²) in [5.74, 6) is 0.971. The van der Waals surface area contributed by atoms with E-state index in [1.807, 2.05) is 20.8 Å². The van der Waals surface area contributed by atoms with E-state index in [-0.39, 0.29) is 11.5 Å². The van der Waals surface area contributed by atoms with Crippen LogP contribution in [0.25, 0.3) is 0 Å². The third kappa shape index (κ3) is 2.51. The highest BCUT2D eigenvalue weighted by Gasteiger charge is 2.16. The largest absolute Gasteiger partial charge is 0.342 e. The molecule has 0 amide bonds. The molecule has 1 aromatic rings. The predicted octanol–water partition coefficient (Wildman–Crippen LogP) is 2.19. The molecule has 1 fully saturated rings. The van der Waals surface area contributed by atoms with E-state index in [1.165, 1.54) is 19.3 Å². The normalized spacial score (nSPS) is 16.6. The van der Waals surface area contributed by atoms with Gasteiger partial charge < -0.3 is 4.90 Å². The van der Waals surface area contributed by atoms with E-state index in [2.05, 4.69) is 14.9 Å². The lowest BCUT2D eigenvalue weighted by molar-refractivity contribution is 0.566. The number of nitrogens with zero attached hydrogens (tertiary/aromatic N) is 2. The monoisotopic (exact) mass is 235 g/mol. The van der Waals surface area contributed by atoms with Crippen LogP contribution >= 0.6 is 0 Å². The summed E-state index contributed by atoms with van der Waals surface area (Å²) in [6.45, 7) is 7.99. The van der Waals surface area contributed by atoms with E-state index >= 15 is 0 Å². The van der Waals surface area contributed by atoms with Crippen LogP contribution in [0.2, 0.25) is 0 Å². The van der Waals surface area contributed by atoms with Crippen LogP contribution in [0.1, 0.15) is 50.3 Å². The van der Waals surface area contributed by atoms with Crippen LogP contribution in [0.15, 0.2) is 4.79 Å². The summed E-state index contributed by atoms with van der Waals surface area (Å²) in [7, 11) is 0. The molecule has 0 spiro atoms. The fraction of sp³-hybridized carbons (Fsp3) is 0.692. The van der Waals surface area contributed by atoms with E-state index < -0.39 is 0 Å². The molecule has 1 N–H and O–H groups in total. The molecular formula is C13H21N3O. The average molecular weight is 235 g/mol. The number of nitrogens with one attached hydrogen (secondary N) is 1. The van der Waals surface area contributed by atoms with Crippen LogP contribution in [0, 0.1) is 6.92 Å². The highest BCUT2D eigenvalue weighted by molar-refractivity contribution is 5.34. The molecule has 94 valence electrons. The van der Waals surface area contributed by atoms with Crippen molar-refractivity contribution >= 4 is 5.95 Å². The maximum atomic E-state index is 12.0. The maximum absolute atomic E-state index is 12.0. The van der Waals surface area contributed by atoms with Gasteiger partial charge in [0.1, 0.15) is 0 Å². The molecule has 0 unspecified atom stereocenters. The van der Waals surface area contributed by atoms with E-state index in [4.69, 9.17) is 0 Å². The molecule has 4 heteroatoms. The number of aryl methyl sites for hydroxylation is 1. The first-order chi connectivity index (χ1) is 8.09. The van der Waals surface area contributed by atoms with Crippen molar-refractivity contribution in [1.29, 1.82) is 0 Å². The van der Waals surface area contributed by atoms with Crippen molar-refractivity contribution in [3.8, 4) is 0 Å². The van der Waals surface area contributed by atoms with Crippen molar-refractivity contribution in [2.45, 2.75) is 46.0 Å². The van der Waals surface area contributed by atoms with Gasteiger partial charge in [0, 0.05) is 18.7 Å². The Hall–Kier alpha value is -1.32. The van der Waals surface area contributed by atoms with Crippen molar-refractivity contribution in [2.24, 2.45) is 0 Å². The Labute approximate surface area is 102 Å². The lowest BCUT2D eigenvalue weighted by Crippen LogP contribution is -2.33. The fourth-order valence-corrected chi connectivity index (χ4v) is 2.52. The van der Waals surface area contributed by atoms with Gasteiger partial charge in [-0.2, -0.15) is 0 Å². The highest BCUT2D eigenvalue weighted by Crippen LogP contribution is 2.18. The zero-order valence-electron chi connectivity index (χ0n) is 10.9. The molecule has 0 atom stereocenters. The Morgan fingerprint density at radius 1 is 1.24 bits per heavy atom. The predicted molar refractivity (Wildman–Crippen MR) is 69.7 cm³/mol. The minimum atomic E-state index is 0.0214. The zero-order chi connectivity index (χ0) is 12.4. The second-order valence-corrected chi connectivity index (χ2v) is 5.09. The van der Waals surface area contributed by atoms with Crippen molar-refractivity contribution in [3.63, 3.8) is 0 Å². The Balaban J connectivity index is 2.34. The van der Waals surface area contributed by atoms with Gasteiger partial charge in [-0.15, -0.1) is 0 Å². The van der Waals surface area contributed by atoms with Crippen molar-refractivity contribution in [1.82, 2.24) is 9.97 Å². The minimum Gasteiger partial charge on any atom is -0.342 e. The second-order valence-electron chi connectivity index (χ2n) is 5.09. The molecule has 0 radical (unpaired) electrons. The number of piperidine rings is 1. The van der Waals surface area contributed by atoms with Crippen molar-refractivity contribution in [3.05, 3.63) is 21.6 Å². The standard InChI is InChI=1S/C13H21N3O/c1-9(2)11-10(3)14-13(15-12(11)17)16-7-5-4-6-8-16/h9H,4-8H2,1-3H3,(H,14,15,17). The molecule has 0 bridgehead atoms.